The van der Waals surface area contributed by atoms with Crippen molar-refractivity contribution in [3.05, 3.63) is 64.2 Å². The first-order valence-electron chi connectivity index (χ1n) is 7.56. The quantitative estimate of drug-likeness (QED) is 0.597. The van der Waals surface area contributed by atoms with Crippen LogP contribution in [-0.4, -0.2) is 5.97 Å². The molecule has 0 radical (unpaired) electrons. The minimum absolute atomic E-state index is 0.0444. The van der Waals surface area contributed by atoms with Crippen LogP contribution in [0.5, 0.6) is 5.75 Å². The molecule has 0 aliphatic heterocycles. The van der Waals surface area contributed by atoms with Gasteiger partial charge in [-0.15, -0.1) is 0 Å². The van der Waals surface area contributed by atoms with E-state index in [0.717, 1.165) is 11.1 Å². The van der Waals surface area contributed by atoms with Crippen LogP contribution < -0.4 is 4.74 Å². The van der Waals surface area contributed by atoms with E-state index < -0.39 is 0 Å². The molecule has 0 saturated heterocycles. The summed E-state index contributed by atoms with van der Waals surface area (Å²) in [6.45, 7) is 10.1. The van der Waals surface area contributed by atoms with Gasteiger partial charge < -0.3 is 4.74 Å². The van der Waals surface area contributed by atoms with Gasteiger partial charge in [-0.25, -0.2) is 4.79 Å². The molecule has 23 heavy (non-hydrogen) atoms. The Morgan fingerprint density at radius 3 is 2.00 bits per heavy atom. The van der Waals surface area contributed by atoms with Crippen molar-refractivity contribution in [3.8, 4) is 11.8 Å². The van der Waals surface area contributed by atoms with E-state index in [1.807, 2.05) is 26.0 Å². The zero-order valence-electron chi connectivity index (χ0n) is 14.2. The number of rotatable bonds is 2. The first kappa shape index (κ1) is 16.8. The first-order valence-corrected chi connectivity index (χ1v) is 7.56. The Bertz CT molecular complexity index is 752. The van der Waals surface area contributed by atoms with Gasteiger partial charge >= 0.3 is 5.97 Å². The van der Waals surface area contributed by atoms with Gasteiger partial charge in [-0.05, 0) is 60.2 Å². The Labute approximate surface area is 137 Å². The van der Waals surface area contributed by atoms with Crippen LogP contribution in [0.3, 0.4) is 0 Å². The zero-order valence-corrected chi connectivity index (χ0v) is 14.2. The summed E-state index contributed by atoms with van der Waals surface area (Å²) >= 11 is 0. The highest BCUT2D eigenvalue weighted by molar-refractivity contribution is 5.91. The monoisotopic (exact) mass is 307 g/mol. The highest BCUT2D eigenvalue weighted by Crippen LogP contribution is 2.26. The third-order valence-electron chi connectivity index (χ3n) is 3.77. The molecular formula is C20H21NO2. The van der Waals surface area contributed by atoms with E-state index in [1.165, 1.54) is 5.56 Å². The molecule has 0 spiro atoms. The van der Waals surface area contributed by atoms with E-state index in [-0.39, 0.29) is 11.4 Å². The van der Waals surface area contributed by atoms with E-state index in [2.05, 4.69) is 26.8 Å². The number of nitrogens with zero attached hydrogens (tertiary/aromatic N) is 1. The first-order chi connectivity index (χ1) is 10.7. The van der Waals surface area contributed by atoms with Gasteiger partial charge in [0, 0.05) is 0 Å². The Morgan fingerprint density at radius 1 is 1.04 bits per heavy atom. The van der Waals surface area contributed by atoms with Crippen molar-refractivity contribution in [2.45, 2.75) is 40.0 Å². The molecule has 0 unspecified atom stereocenters. The molecule has 0 aliphatic carbocycles. The summed E-state index contributed by atoms with van der Waals surface area (Å²) in [6, 6.07) is 13.0. The third kappa shape index (κ3) is 3.78. The van der Waals surface area contributed by atoms with Crippen LogP contribution in [0.25, 0.3) is 0 Å². The second-order valence-corrected chi connectivity index (χ2v) is 6.77. The van der Waals surface area contributed by atoms with Gasteiger partial charge in [0.25, 0.3) is 0 Å². The Balaban J connectivity index is 2.25. The van der Waals surface area contributed by atoms with Crippen molar-refractivity contribution < 1.29 is 9.53 Å². The van der Waals surface area contributed by atoms with E-state index in [4.69, 9.17) is 10.00 Å². The van der Waals surface area contributed by atoms with Crippen LogP contribution in [0.4, 0.5) is 0 Å². The Hall–Kier alpha value is -2.60. The summed E-state index contributed by atoms with van der Waals surface area (Å²) in [6.07, 6.45) is 0. The van der Waals surface area contributed by atoms with Gasteiger partial charge in [-0.3, -0.25) is 0 Å². The minimum atomic E-state index is -0.388. The van der Waals surface area contributed by atoms with Crippen molar-refractivity contribution in [1.82, 2.24) is 0 Å². The molecule has 2 aromatic rings. The Kier molecular flexibility index (Phi) is 4.56. The van der Waals surface area contributed by atoms with Gasteiger partial charge in [0.05, 0.1) is 17.2 Å². The largest absolute Gasteiger partial charge is 0.422 e. The molecule has 0 atom stereocenters. The number of benzene rings is 2. The number of esters is 1. The SMILES string of the molecule is Cc1cc(C#N)cc(C)c1OC(=O)c1ccc(C(C)(C)C)cc1. The van der Waals surface area contributed by atoms with Crippen LogP contribution in [0.2, 0.25) is 0 Å². The zero-order chi connectivity index (χ0) is 17.2. The summed E-state index contributed by atoms with van der Waals surface area (Å²) in [4.78, 5) is 12.3. The molecule has 3 nitrogen and oxygen atoms in total. The summed E-state index contributed by atoms with van der Waals surface area (Å²) in [7, 11) is 0. The van der Waals surface area contributed by atoms with E-state index in [9.17, 15) is 4.79 Å². The molecule has 0 fully saturated rings. The standard InChI is InChI=1S/C20H21NO2/c1-13-10-15(12-21)11-14(2)18(13)23-19(22)16-6-8-17(9-7-16)20(3,4)5/h6-11H,1-5H3. The Morgan fingerprint density at radius 2 is 1.57 bits per heavy atom. The number of carbonyl (C=O) groups excluding carboxylic acids is 1. The average Bonchev–Trinajstić information content (AvgIpc) is 2.49. The van der Waals surface area contributed by atoms with Gasteiger partial charge in [0.2, 0.25) is 0 Å². The molecule has 0 bridgehead atoms. The fourth-order valence-electron chi connectivity index (χ4n) is 2.43. The van der Waals surface area contributed by atoms with Crippen LogP contribution in [0.15, 0.2) is 36.4 Å². The van der Waals surface area contributed by atoms with Crippen molar-refractivity contribution in [3.63, 3.8) is 0 Å². The van der Waals surface area contributed by atoms with Crippen LogP contribution in [-0.2, 0) is 5.41 Å². The highest BCUT2D eigenvalue weighted by Gasteiger charge is 2.16. The topological polar surface area (TPSA) is 50.1 Å². The number of aryl methyl sites for hydroxylation is 2. The molecule has 3 heteroatoms. The lowest BCUT2D eigenvalue weighted by Gasteiger charge is -2.19. The summed E-state index contributed by atoms with van der Waals surface area (Å²) in [5.74, 6) is 0.135. The molecule has 0 N–H and O–H groups in total. The molecule has 0 saturated carbocycles. The van der Waals surface area contributed by atoms with Crippen molar-refractivity contribution in [1.29, 1.82) is 5.26 Å². The third-order valence-corrected chi connectivity index (χ3v) is 3.77. The summed E-state index contributed by atoms with van der Waals surface area (Å²) < 4.78 is 5.54. The molecule has 2 rings (SSSR count). The maximum Gasteiger partial charge on any atom is 0.343 e. The molecule has 0 aliphatic rings. The lowest BCUT2D eigenvalue weighted by Crippen LogP contribution is -2.13. The van der Waals surface area contributed by atoms with E-state index >= 15 is 0 Å². The van der Waals surface area contributed by atoms with Gasteiger partial charge in [-0.1, -0.05) is 32.9 Å². The van der Waals surface area contributed by atoms with Crippen LogP contribution in [0.1, 0.15) is 53.4 Å². The maximum atomic E-state index is 12.3. The second-order valence-electron chi connectivity index (χ2n) is 6.77. The maximum absolute atomic E-state index is 12.3. The van der Waals surface area contributed by atoms with Gasteiger partial charge in [-0.2, -0.15) is 5.26 Å². The van der Waals surface area contributed by atoms with E-state index in [0.29, 0.717) is 16.9 Å². The molecule has 0 aromatic heterocycles. The molecule has 0 heterocycles. The van der Waals surface area contributed by atoms with E-state index in [1.54, 1.807) is 24.3 Å². The van der Waals surface area contributed by atoms with Gasteiger partial charge in [0.15, 0.2) is 0 Å². The lowest BCUT2D eigenvalue weighted by atomic mass is 9.87. The van der Waals surface area contributed by atoms with Gasteiger partial charge in [0.1, 0.15) is 5.75 Å². The lowest BCUT2D eigenvalue weighted by molar-refractivity contribution is 0.0732. The van der Waals surface area contributed by atoms with Crippen molar-refractivity contribution >= 4 is 5.97 Å². The molecule has 2 aromatic carbocycles. The fraction of sp³-hybridized carbons (Fsp3) is 0.300. The normalized spacial score (nSPS) is 11.0. The second kappa shape index (κ2) is 6.26. The average molecular weight is 307 g/mol. The minimum Gasteiger partial charge on any atom is -0.422 e. The number of hydrogen-bond acceptors (Lipinski definition) is 3. The molecule has 118 valence electrons. The fourth-order valence-corrected chi connectivity index (χ4v) is 2.43. The highest BCUT2D eigenvalue weighted by atomic mass is 16.5. The van der Waals surface area contributed by atoms with Crippen molar-refractivity contribution in [2.75, 3.05) is 0 Å². The predicted molar refractivity (Wildman–Crippen MR) is 90.7 cm³/mol. The molecular weight excluding hydrogens is 286 g/mol. The number of nitriles is 1. The summed E-state index contributed by atoms with van der Waals surface area (Å²) in [5.41, 5.74) is 3.85. The number of carbonyl (C=O) groups is 1. The van der Waals surface area contributed by atoms with Crippen molar-refractivity contribution in [2.24, 2.45) is 0 Å². The summed E-state index contributed by atoms with van der Waals surface area (Å²) in [5, 5.41) is 8.97. The van der Waals surface area contributed by atoms with Crippen LogP contribution >= 0.6 is 0 Å². The molecule has 0 amide bonds. The number of ether oxygens (including phenoxy) is 1. The smallest absolute Gasteiger partial charge is 0.343 e. The number of hydrogen-bond donors (Lipinski definition) is 0. The predicted octanol–water partition coefficient (Wildman–Crippen LogP) is 4.69. The van der Waals surface area contributed by atoms with Crippen LogP contribution in [0, 0.1) is 25.2 Å².